The van der Waals surface area contributed by atoms with Crippen LogP contribution < -0.4 is 11.1 Å². The van der Waals surface area contributed by atoms with E-state index < -0.39 is 11.4 Å². The van der Waals surface area contributed by atoms with Gasteiger partial charge >= 0.3 is 0 Å². The number of ether oxygens (including phenoxy) is 1. The number of aromatic nitrogens is 2. The molecule has 0 unspecified atom stereocenters. The van der Waals surface area contributed by atoms with Crippen LogP contribution in [0, 0.1) is 0 Å². The van der Waals surface area contributed by atoms with Crippen molar-refractivity contribution in [2.45, 2.75) is 18.9 Å². The fraction of sp³-hybridized carbons (Fsp3) is 0.300. The van der Waals surface area contributed by atoms with Gasteiger partial charge in [-0.05, 0) is 37.1 Å². The Balaban J connectivity index is 1.77. The third-order valence-electron chi connectivity index (χ3n) is 4.42. The highest BCUT2D eigenvalue weighted by atomic mass is 35.5. The summed E-state index contributed by atoms with van der Waals surface area (Å²) < 4.78 is 4.96. The molecule has 2 aromatic heterocycles. The molecule has 0 aliphatic carbocycles. The molecule has 0 spiro atoms. The van der Waals surface area contributed by atoms with E-state index in [0.717, 1.165) is 23.4 Å². The van der Waals surface area contributed by atoms with Gasteiger partial charge in [-0.2, -0.15) is 0 Å². The average molecular weight is 432 g/mol. The van der Waals surface area contributed by atoms with Crippen LogP contribution in [0.2, 0.25) is 5.02 Å². The highest BCUT2D eigenvalue weighted by Crippen LogP contribution is 2.34. The largest absolute Gasteiger partial charge is 0.381 e. The molecule has 0 saturated carbocycles. The van der Waals surface area contributed by atoms with Crippen LogP contribution in [0.3, 0.4) is 0 Å². The number of pyridine rings is 2. The van der Waals surface area contributed by atoms with Crippen molar-refractivity contribution in [3.8, 4) is 0 Å². The lowest BCUT2D eigenvalue weighted by atomic mass is 9.94. The number of thioether (sulfide) groups is 1. The molecule has 3 heterocycles. The zero-order valence-corrected chi connectivity index (χ0v) is 17.8. The van der Waals surface area contributed by atoms with Crippen molar-refractivity contribution in [3.63, 3.8) is 0 Å². The first-order chi connectivity index (χ1) is 13.9. The van der Waals surface area contributed by atoms with Crippen LogP contribution in [0.1, 0.15) is 35.1 Å². The molecule has 3 rings (SSSR count). The maximum atomic E-state index is 12.7. The summed E-state index contributed by atoms with van der Waals surface area (Å²) in [5.41, 5.74) is 7.65. The number of amidine groups is 1. The topological polar surface area (TPSA) is 102 Å². The Morgan fingerprint density at radius 1 is 1.45 bits per heavy atom. The van der Waals surface area contributed by atoms with Gasteiger partial charge in [-0.3, -0.25) is 9.78 Å². The molecule has 0 bridgehead atoms. The van der Waals surface area contributed by atoms with Gasteiger partial charge in [0.25, 0.3) is 5.91 Å². The summed E-state index contributed by atoms with van der Waals surface area (Å²) in [6.45, 7) is 2.47. The molecule has 0 radical (unpaired) electrons. The van der Waals surface area contributed by atoms with Gasteiger partial charge in [0.15, 0.2) is 5.17 Å². The molecule has 0 fully saturated rings. The second kappa shape index (κ2) is 9.39. The number of carbonyl (C=O) groups is 1. The molecule has 7 nitrogen and oxygen atoms in total. The quantitative estimate of drug-likeness (QED) is 0.722. The van der Waals surface area contributed by atoms with Gasteiger partial charge in [-0.25, -0.2) is 9.98 Å². The van der Waals surface area contributed by atoms with Crippen molar-refractivity contribution in [1.82, 2.24) is 9.97 Å². The van der Waals surface area contributed by atoms with Crippen molar-refractivity contribution in [2.75, 3.05) is 24.8 Å². The molecule has 1 aliphatic rings. The summed E-state index contributed by atoms with van der Waals surface area (Å²) >= 11 is 7.79. The minimum Gasteiger partial charge on any atom is -0.381 e. The van der Waals surface area contributed by atoms with E-state index in [-0.39, 0.29) is 10.7 Å². The molecule has 152 valence electrons. The van der Waals surface area contributed by atoms with Crippen LogP contribution in [0.4, 0.5) is 5.69 Å². The molecule has 1 atom stereocenters. The third-order valence-corrected chi connectivity index (χ3v) is 5.50. The van der Waals surface area contributed by atoms with E-state index in [2.05, 4.69) is 20.3 Å². The number of methoxy groups -OCH3 is 1. The minimum absolute atomic E-state index is 0.150. The zero-order chi connectivity index (χ0) is 20.9. The maximum absolute atomic E-state index is 12.7. The van der Waals surface area contributed by atoms with Crippen molar-refractivity contribution in [3.05, 3.63) is 58.6 Å². The Labute approximate surface area is 178 Å². The molecule has 0 aromatic carbocycles. The number of hydrogen-bond donors (Lipinski definition) is 2. The number of aliphatic imine (C=N–C) groups is 1. The number of halogens is 1. The molecule has 1 amide bonds. The van der Waals surface area contributed by atoms with Gasteiger partial charge < -0.3 is 15.8 Å². The smallest absolute Gasteiger partial charge is 0.275 e. The monoisotopic (exact) mass is 431 g/mol. The standard InChI is InChI=1S/C20H22ClN5O2S/c1-20(6-9-29-19(22)26-20)16-11-14(5-7-23-16)25-18(27)17-15(21)10-13(12-24-17)4-3-8-28-2/h3-5,7,10-12H,6,8-9H2,1-2H3,(H2,22,26)(H,23,25,27)/t20-/m0/s1. The SMILES string of the molecule is COCC=Cc1cnc(C(=O)Nc2ccnc([C@]3(C)CCSC(N)=N3)c2)c(Cl)c1. The Kier molecular flexibility index (Phi) is 6.89. The van der Waals surface area contributed by atoms with Crippen LogP contribution in [0.25, 0.3) is 6.08 Å². The van der Waals surface area contributed by atoms with Gasteiger partial charge in [0.2, 0.25) is 0 Å². The van der Waals surface area contributed by atoms with E-state index in [1.807, 2.05) is 19.1 Å². The van der Waals surface area contributed by atoms with Gasteiger partial charge in [0.1, 0.15) is 11.2 Å². The number of nitrogens with one attached hydrogen (secondary N) is 1. The average Bonchev–Trinajstić information content (AvgIpc) is 2.68. The van der Waals surface area contributed by atoms with Crippen molar-refractivity contribution < 1.29 is 9.53 Å². The fourth-order valence-corrected chi connectivity index (χ4v) is 4.09. The lowest BCUT2D eigenvalue weighted by Gasteiger charge is -2.28. The predicted octanol–water partition coefficient (Wildman–Crippen LogP) is 3.71. The van der Waals surface area contributed by atoms with Gasteiger partial charge in [0.05, 0.1) is 17.3 Å². The van der Waals surface area contributed by atoms with Gasteiger partial charge in [-0.1, -0.05) is 35.5 Å². The van der Waals surface area contributed by atoms with E-state index in [0.29, 0.717) is 17.5 Å². The first kappa shape index (κ1) is 21.3. The second-order valence-corrected chi connectivity index (χ2v) is 8.19. The van der Waals surface area contributed by atoms with E-state index in [4.69, 9.17) is 22.1 Å². The van der Waals surface area contributed by atoms with Crippen LogP contribution in [-0.4, -0.2) is 40.5 Å². The zero-order valence-electron chi connectivity index (χ0n) is 16.2. The molecular formula is C20H22ClN5O2S. The van der Waals surface area contributed by atoms with Crippen LogP contribution in [0.15, 0.2) is 41.7 Å². The number of anilines is 1. The van der Waals surface area contributed by atoms with Gasteiger partial charge in [-0.15, -0.1) is 0 Å². The number of hydrogen-bond acceptors (Lipinski definition) is 7. The molecular weight excluding hydrogens is 410 g/mol. The number of nitrogens with two attached hydrogens (primary N) is 1. The Morgan fingerprint density at radius 3 is 3.00 bits per heavy atom. The molecule has 1 aliphatic heterocycles. The number of rotatable bonds is 6. The second-order valence-electron chi connectivity index (χ2n) is 6.66. The van der Waals surface area contributed by atoms with Crippen molar-refractivity contribution in [1.29, 1.82) is 0 Å². The normalized spacial score (nSPS) is 19.2. The number of amides is 1. The summed E-state index contributed by atoms with van der Waals surface area (Å²) in [5.74, 6) is 0.473. The maximum Gasteiger partial charge on any atom is 0.275 e. The summed E-state index contributed by atoms with van der Waals surface area (Å²) in [7, 11) is 1.61. The first-order valence-corrected chi connectivity index (χ1v) is 10.3. The summed E-state index contributed by atoms with van der Waals surface area (Å²) in [6, 6.07) is 5.21. The Bertz CT molecular complexity index is 966. The van der Waals surface area contributed by atoms with Crippen molar-refractivity contribution >= 4 is 46.2 Å². The summed E-state index contributed by atoms with van der Waals surface area (Å²) in [6.07, 6.45) is 7.71. The van der Waals surface area contributed by atoms with E-state index in [9.17, 15) is 4.79 Å². The minimum atomic E-state index is -0.512. The van der Waals surface area contributed by atoms with Crippen LogP contribution in [-0.2, 0) is 10.3 Å². The van der Waals surface area contributed by atoms with Crippen molar-refractivity contribution in [2.24, 2.45) is 10.7 Å². The van der Waals surface area contributed by atoms with Crippen LogP contribution >= 0.6 is 23.4 Å². The predicted molar refractivity (Wildman–Crippen MR) is 118 cm³/mol. The fourth-order valence-electron chi connectivity index (χ4n) is 2.86. The van der Waals surface area contributed by atoms with Crippen LogP contribution in [0.5, 0.6) is 0 Å². The highest BCUT2D eigenvalue weighted by molar-refractivity contribution is 8.13. The molecule has 0 saturated heterocycles. The lowest BCUT2D eigenvalue weighted by Crippen LogP contribution is -2.29. The van der Waals surface area contributed by atoms with E-state index >= 15 is 0 Å². The molecule has 9 heteroatoms. The first-order valence-electron chi connectivity index (χ1n) is 8.98. The van der Waals surface area contributed by atoms with E-state index in [1.54, 1.807) is 37.7 Å². The van der Waals surface area contributed by atoms with Gasteiger partial charge in [0, 0.05) is 30.9 Å². The lowest BCUT2D eigenvalue weighted by molar-refractivity contribution is 0.102. The molecule has 3 N–H and O–H groups in total. The number of nitrogens with zero attached hydrogens (tertiary/aromatic N) is 3. The third kappa shape index (κ3) is 5.35. The summed E-state index contributed by atoms with van der Waals surface area (Å²) in [4.78, 5) is 25.8. The Morgan fingerprint density at radius 2 is 2.28 bits per heavy atom. The van der Waals surface area contributed by atoms with E-state index in [1.165, 1.54) is 11.8 Å². The summed E-state index contributed by atoms with van der Waals surface area (Å²) in [5, 5.41) is 3.65. The Hall–Kier alpha value is -2.42. The molecule has 29 heavy (non-hydrogen) atoms. The highest BCUT2D eigenvalue weighted by Gasteiger charge is 2.31. The number of carbonyl (C=O) groups excluding carboxylic acids is 1. The molecule has 2 aromatic rings.